The predicted molar refractivity (Wildman–Crippen MR) is 105 cm³/mol. The van der Waals surface area contributed by atoms with Gasteiger partial charge in [-0.25, -0.2) is 4.68 Å². The molecule has 0 radical (unpaired) electrons. The van der Waals surface area contributed by atoms with Crippen LogP contribution in [0.5, 0.6) is 0 Å². The number of aromatic nitrogens is 4. The number of fused-ring (bicyclic) bond motifs is 1. The lowest BCUT2D eigenvalue weighted by atomic mass is 9.87. The first-order valence-electron chi connectivity index (χ1n) is 9.29. The topological polar surface area (TPSA) is 83.9 Å². The zero-order valence-electron chi connectivity index (χ0n) is 16.3. The number of hydrogen-bond donors (Lipinski definition) is 1. The van der Waals surface area contributed by atoms with Crippen LogP contribution in [-0.2, 0) is 13.0 Å². The summed E-state index contributed by atoms with van der Waals surface area (Å²) in [4.78, 5) is 34.2. The molecule has 4 heterocycles. The molecule has 1 N–H and O–H groups in total. The van der Waals surface area contributed by atoms with Gasteiger partial charge in [-0.15, -0.1) is 0 Å². The van der Waals surface area contributed by atoms with E-state index < -0.39 is 0 Å². The number of pyridine rings is 2. The van der Waals surface area contributed by atoms with Crippen molar-refractivity contribution in [2.75, 3.05) is 6.54 Å². The molecule has 0 aliphatic carbocycles. The first-order chi connectivity index (χ1) is 13.3. The molecule has 1 amide bonds. The lowest BCUT2D eigenvalue weighted by Gasteiger charge is -2.29. The highest BCUT2D eigenvalue weighted by molar-refractivity contribution is 5.93. The lowest BCUT2D eigenvalue weighted by Crippen LogP contribution is -2.39. The molecule has 0 aromatic carbocycles. The van der Waals surface area contributed by atoms with Crippen LogP contribution in [0.3, 0.4) is 0 Å². The van der Waals surface area contributed by atoms with Crippen LogP contribution < -0.4 is 5.43 Å². The van der Waals surface area contributed by atoms with Gasteiger partial charge in [0.2, 0.25) is 0 Å². The molecule has 28 heavy (non-hydrogen) atoms. The van der Waals surface area contributed by atoms with E-state index >= 15 is 0 Å². The minimum atomic E-state index is -0.254. The van der Waals surface area contributed by atoms with Crippen LogP contribution >= 0.6 is 0 Å². The van der Waals surface area contributed by atoms with Gasteiger partial charge in [-0.2, -0.15) is 5.10 Å². The highest BCUT2D eigenvalue weighted by atomic mass is 16.2. The normalized spacial score (nSPS) is 15.8. The Balaban J connectivity index is 1.73. The minimum Gasteiger partial charge on any atom is -0.364 e. The van der Waals surface area contributed by atoms with Gasteiger partial charge in [0.15, 0.2) is 5.43 Å². The summed E-state index contributed by atoms with van der Waals surface area (Å²) in [7, 11) is 0. The molecule has 144 valence electrons. The van der Waals surface area contributed by atoms with E-state index in [0.717, 1.165) is 29.1 Å². The van der Waals surface area contributed by atoms with Crippen LogP contribution in [0.25, 0.3) is 5.69 Å². The van der Waals surface area contributed by atoms with Gasteiger partial charge in [-0.3, -0.25) is 14.6 Å². The van der Waals surface area contributed by atoms with Crippen molar-refractivity contribution in [3.05, 3.63) is 75.7 Å². The average molecular weight is 377 g/mol. The molecule has 0 spiro atoms. The summed E-state index contributed by atoms with van der Waals surface area (Å²) in [6.07, 6.45) is 7.59. The van der Waals surface area contributed by atoms with Gasteiger partial charge in [0.1, 0.15) is 5.56 Å². The Bertz CT molecular complexity index is 1080. The molecule has 0 saturated carbocycles. The molecule has 0 saturated heterocycles. The Hall–Kier alpha value is -3.22. The third-order valence-corrected chi connectivity index (χ3v) is 5.06. The summed E-state index contributed by atoms with van der Waals surface area (Å²) < 4.78 is 1.92. The van der Waals surface area contributed by atoms with Gasteiger partial charge in [-0.1, -0.05) is 13.8 Å². The molecule has 3 aromatic heterocycles. The zero-order chi connectivity index (χ0) is 19.9. The molecule has 1 aliphatic rings. The van der Waals surface area contributed by atoms with Gasteiger partial charge < -0.3 is 9.88 Å². The molecule has 7 heteroatoms. The molecule has 0 atom stereocenters. The first kappa shape index (κ1) is 18.2. The smallest absolute Gasteiger partial charge is 0.259 e. The van der Waals surface area contributed by atoms with E-state index in [2.05, 4.69) is 28.9 Å². The van der Waals surface area contributed by atoms with Gasteiger partial charge in [-0.05, 0) is 30.9 Å². The number of carbonyl (C=O) groups excluding carboxylic acids is 1. The number of aromatic amines is 1. The highest BCUT2D eigenvalue weighted by Crippen LogP contribution is 2.31. The fourth-order valence-electron chi connectivity index (χ4n) is 3.78. The van der Waals surface area contributed by atoms with Gasteiger partial charge >= 0.3 is 0 Å². The van der Waals surface area contributed by atoms with E-state index in [1.165, 1.54) is 12.3 Å². The van der Waals surface area contributed by atoms with Crippen LogP contribution in [0.4, 0.5) is 0 Å². The summed E-state index contributed by atoms with van der Waals surface area (Å²) in [6, 6.07) is 5.29. The predicted octanol–water partition coefficient (Wildman–Crippen LogP) is 2.49. The Kier molecular flexibility index (Phi) is 4.37. The van der Waals surface area contributed by atoms with E-state index in [9.17, 15) is 9.59 Å². The van der Waals surface area contributed by atoms with Crippen molar-refractivity contribution in [3.8, 4) is 5.69 Å². The maximum Gasteiger partial charge on any atom is 0.259 e. The highest BCUT2D eigenvalue weighted by Gasteiger charge is 2.33. The van der Waals surface area contributed by atoms with Crippen LogP contribution in [0.15, 0.2) is 47.8 Å². The number of carbonyl (C=O) groups is 1. The number of nitrogens with zero attached hydrogens (tertiary/aromatic N) is 4. The van der Waals surface area contributed by atoms with Crippen molar-refractivity contribution in [3.63, 3.8) is 0 Å². The number of rotatable bonds is 2. The molecule has 3 aromatic rings. The van der Waals surface area contributed by atoms with Crippen LogP contribution in [0.2, 0.25) is 0 Å². The molecule has 0 unspecified atom stereocenters. The maximum absolute atomic E-state index is 13.1. The van der Waals surface area contributed by atoms with Crippen LogP contribution in [-0.4, -0.2) is 37.1 Å². The Morgan fingerprint density at radius 3 is 2.71 bits per heavy atom. The fourth-order valence-corrected chi connectivity index (χ4v) is 3.78. The zero-order valence-corrected chi connectivity index (χ0v) is 16.3. The monoisotopic (exact) mass is 377 g/mol. The summed E-state index contributed by atoms with van der Waals surface area (Å²) in [6.45, 7) is 7.04. The molecule has 7 nitrogen and oxygen atoms in total. The van der Waals surface area contributed by atoms with E-state index in [1.807, 2.05) is 23.0 Å². The van der Waals surface area contributed by atoms with Crippen LogP contribution in [0, 0.1) is 12.3 Å². The third kappa shape index (κ3) is 3.35. The molecule has 1 aliphatic heterocycles. The largest absolute Gasteiger partial charge is 0.364 e. The summed E-state index contributed by atoms with van der Waals surface area (Å²) >= 11 is 0. The maximum atomic E-state index is 13.1. The molecular weight excluding hydrogens is 354 g/mol. The van der Waals surface area contributed by atoms with Gasteiger partial charge in [0.05, 0.1) is 11.9 Å². The van der Waals surface area contributed by atoms with Crippen molar-refractivity contribution >= 4 is 5.91 Å². The van der Waals surface area contributed by atoms with Gasteiger partial charge in [0.25, 0.3) is 5.91 Å². The van der Waals surface area contributed by atoms with E-state index in [4.69, 9.17) is 0 Å². The minimum absolute atomic E-state index is 0.164. The Morgan fingerprint density at radius 2 is 2.00 bits per heavy atom. The fraction of sp³-hybridized carbons (Fsp3) is 0.333. The van der Waals surface area contributed by atoms with E-state index in [0.29, 0.717) is 13.1 Å². The SMILES string of the molecule is Cc1cc(=O)c(C(=O)N2Cc3cnn(-c4ccncc4)c3CC(C)(C)C2)c[nH]1. The summed E-state index contributed by atoms with van der Waals surface area (Å²) in [5.74, 6) is -0.251. The van der Waals surface area contributed by atoms with Crippen molar-refractivity contribution in [2.24, 2.45) is 5.41 Å². The number of nitrogens with one attached hydrogen (secondary N) is 1. The van der Waals surface area contributed by atoms with Crippen molar-refractivity contribution in [2.45, 2.75) is 33.7 Å². The lowest BCUT2D eigenvalue weighted by molar-refractivity contribution is 0.0678. The number of aryl methyl sites for hydroxylation is 1. The van der Waals surface area contributed by atoms with Crippen molar-refractivity contribution in [1.82, 2.24) is 24.6 Å². The number of H-pyrrole nitrogens is 1. The quantitative estimate of drug-likeness (QED) is 0.744. The number of hydrogen-bond acceptors (Lipinski definition) is 4. The Morgan fingerprint density at radius 1 is 1.25 bits per heavy atom. The average Bonchev–Trinajstić information content (AvgIpc) is 2.96. The Labute approximate surface area is 163 Å². The van der Waals surface area contributed by atoms with Crippen molar-refractivity contribution in [1.29, 1.82) is 0 Å². The van der Waals surface area contributed by atoms with Crippen LogP contribution in [0.1, 0.15) is 41.2 Å². The summed E-state index contributed by atoms with van der Waals surface area (Å²) in [5, 5.41) is 4.55. The second-order valence-electron chi connectivity index (χ2n) is 8.13. The molecule has 0 fully saturated rings. The van der Waals surface area contributed by atoms with E-state index in [1.54, 1.807) is 24.2 Å². The standard InChI is InChI=1S/C21H23N5O2/c1-14-8-19(27)17(11-23-14)20(28)25-12-15-10-24-26(16-4-6-22-7-5-16)18(15)9-21(2,3)13-25/h4-8,10-11H,9,12-13H2,1-3H3,(H,23,27). The first-order valence-corrected chi connectivity index (χ1v) is 9.29. The summed E-state index contributed by atoms with van der Waals surface area (Å²) in [5.41, 5.74) is 3.52. The second kappa shape index (κ2) is 6.74. The second-order valence-corrected chi connectivity index (χ2v) is 8.13. The molecule has 4 rings (SSSR count). The van der Waals surface area contributed by atoms with E-state index in [-0.39, 0.29) is 22.3 Å². The molecular formula is C21H23N5O2. The van der Waals surface area contributed by atoms with Crippen molar-refractivity contribution < 1.29 is 4.79 Å². The molecule has 0 bridgehead atoms. The van der Waals surface area contributed by atoms with Gasteiger partial charge in [0, 0.05) is 54.7 Å². The third-order valence-electron chi connectivity index (χ3n) is 5.06. The number of amides is 1.